The highest BCUT2D eigenvalue weighted by atomic mass is 16.5. The number of nitrogens with one attached hydrogen (secondary N) is 1. The maximum Gasteiger partial charge on any atom is 0.140 e. The molecule has 2 aliphatic rings. The van der Waals surface area contributed by atoms with Gasteiger partial charge in [-0.15, -0.1) is 0 Å². The average molecular weight is 232 g/mol. The summed E-state index contributed by atoms with van der Waals surface area (Å²) in [5.74, 6) is 1.91. The molecule has 0 radical (unpaired) electrons. The third-order valence-electron chi connectivity index (χ3n) is 3.26. The van der Waals surface area contributed by atoms with Crippen molar-refractivity contribution in [1.29, 1.82) is 0 Å². The molecule has 1 N–H and O–H groups in total. The van der Waals surface area contributed by atoms with Crippen molar-refractivity contribution < 1.29 is 9.47 Å². The lowest BCUT2D eigenvalue weighted by Crippen LogP contribution is -2.31. The molecular weight excluding hydrogens is 216 g/mol. The summed E-state index contributed by atoms with van der Waals surface area (Å²) in [6, 6.07) is 6.12. The standard InChI is InChI=1S/C13H16N2O2/c1-16-11-4-2-3-10-9(11)5-8-17-12(10)13-14-6-7-15-13/h2-4,12H,5-8H2,1H3,(H,14,15). The Morgan fingerprint density at radius 3 is 3.18 bits per heavy atom. The molecule has 0 bridgehead atoms. The second kappa shape index (κ2) is 4.37. The van der Waals surface area contributed by atoms with E-state index in [1.807, 2.05) is 12.1 Å². The average Bonchev–Trinajstić information content (AvgIpc) is 2.91. The first-order valence-electron chi connectivity index (χ1n) is 5.96. The van der Waals surface area contributed by atoms with Crippen LogP contribution in [0.4, 0.5) is 0 Å². The summed E-state index contributed by atoms with van der Waals surface area (Å²) < 4.78 is 11.2. The van der Waals surface area contributed by atoms with Crippen molar-refractivity contribution in [3.05, 3.63) is 29.3 Å². The van der Waals surface area contributed by atoms with Gasteiger partial charge in [-0.25, -0.2) is 0 Å². The van der Waals surface area contributed by atoms with E-state index < -0.39 is 0 Å². The minimum Gasteiger partial charge on any atom is -0.496 e. The highest BCUT2D eigenvalue weighted by molar-refractivity contribution is 5.89. The number of hydrogen-bond acceptors (Lipinski definition) is 4. The molecule has 0 fully saturated rings. The number of ether oxygens (including phenoxy) is 2. The van der Waals surface area contributed by atoms with Crippen LogP contribution in [0, 0.1) is 0 Å². The molecule has 2 heterocycles. The first-order valence-corrected chi connectivity index (χ1v) is 5.96. The first kappa shape index (κ1) is 10.6. The van der Waals surface area contributed by atoms with Gasteiger partial charge >= 0.3 is 0 Å². The second-order valence-corrected chi connectivity index (χ2v) is 4.22. The topological polar surface area (TPSA) is 42.9 Å². The Morgan fingerprint density at radius 1 is 1.47 bits per heavy atom. The molecule has 0 aliphatic carbocycles. The Hall–Kier alpha value is -1.55. The van der Waals surface area contributed by atoms with Crippen LogP contribution < -0.4 is 10.1 Å². The Kier molecular flexibility index (Phi) is 2.73. The van der Waals surface area contributed by atoms with Crippen molar-refractivity contribution >= 4 is 5.84 Å². The van der Waals surface area contributed by atoms with Crippen LogP contribution in [0.15, 0.2) is 23.2 Å². The maximum atomic E-state index is 5.84. The molecule has 1 unspecified atom stereocenters. The van der Waals surface area contributed by atoms with E-state index in [9.17, 15) is 0 Å². The van der Waals surface area contributed by atoms with E-state index in [-0.39, 0.29) is 6.10 Å². The van der Waals surface area contributed by atoms with Crippen LogP contribution in [0.1, 0.15) is 17.2 Å². The molecule has 3 rings (SSSR count). The van der Waals surface area contributed by atoms with Gasteiger partial charge in [0.1, 0.15) is 17.7 Å². The van der Waals surface area contributed by atoms with E-state index in [1.54, 1.807) is 7.11 Å². The monoisotopic (exact) mass is 232 g/mol. The zero-order valence-corrected chi connectivity index (χ0v) is 9.90. The molecule has 17 heavy (non-hydrogen) atoms. The van der Waals surface area contributed by atoms with E-state index >= 15 is 0 Å². The quantitative estimate of drug-likeness (QED) is 0.836. The summed E-state index contributed by atoms with van der Waals surface area (Å²) in [7, 11) is 1.71. The van der Waals surface area contributed by atoms with Gasteiger partial charge in [0.15, 0.2) is 0 Å². The summed E-state index contributed by atoms with van der Waals surface area (Å²) in [6.07, 6.45) is 0.861. The zero-order valence-electron chi connectivity index (χ0n) is 9.90. The first-order chi connectivity index (χ1) is 8.40. The number of fused-ring (bicyclic) bond motifs is 1. The number of aliphatic imine (C=N–C) groups is 1. The minimum absolute atomic E-state index is 0.0450. The van der Waals surface area contributed by atoms with Crippen LogP contribution in [0.5, 0.6) is 5.75 Å². The van der Waals surface area contributed by atoms with E-state index in [2.05, 4.69) is 16.4 Å². The molecule has 0 saturated heterocycles. The van der Waals surface area contributed by atoms with Gasteiger partial charge in [-0.05, 0) is 18.1 Å². The van der Waals surface area contributed by atoms with Gasteiger partial charge in [0.2, 0.25) is 0 Å². The summed E-state index contributed by atoms with van der Waals surface area (Å²) in [6.45, 7) is 2.47. The highest BCUT2D eigenvalue weighted by Crippen LogP contribution is 2.33. The smallest absolute Gasteiger partial charge is 0.140 e. The van der Waals surface area contributed by atoms with Crippen LogP contribution in [0.3, 0.4) is 0 Å². The van der Waals surface area contributed by atoms with E-state index in [0.29, 0.717) is 0 Å². The molecule has 2 aliphatic heterocycles. The van der Waals surface area contributed by atoms with Crippen LogP contribution in [-0.2, 0) is 11.2 Å². The normalized spacial score (nSPS) is 22.6. The Labute approximate surface area is 101 Å². The molecule has 1 aromatic rings. The summed E-state index contributed by atoms with van der Waals surface area (Å²) in [5.41, 5.74) is 2.44. The fraction of sp³-hybridized carbons (Fsp3) is 0.462. The molecule has 0 aromatic heterocycles. The van der Waals surface area contributed by atoms with Gasteiger partial charge < -0.3 is 14.8 Å². The van der Waals surface area contributed by atoms with Crippen molar-refractivity contribution in [2.45, 2.75) is 12.5 Å². The fourth-order valence-electron chi connectivity index (χ4n) is 2.47. The summed E-state index contributed by atoms with van der Waals surface area (Å²) >= 11 is 0. The van der Waals surface area contributed by atoms with Crippen molar-refractivity contribution in [3.8, 4) is 5.75 Å². The highest BCUT2D eigenvalue weighted by Gasteiger charge is 2.28. The van der Waals surface area contributed by atoms with Crippen LogP contribution >= 0.6 is 0 Å². The minimum atomic E-state index is -0.0450. The molecule has 1 atom stereocenters. The third kappa shape index (κ3) is 1.78. The second-order valence-electron chi connectivity index (χ2n) is 4.22. The molecule has 4 heteroatoms. The third-order valence-corrected chi connectivity index (χ3v) is 3.26. The number of benzene rings is 1. The number of amidine groups is 1. The number of hydrogen-bond donors (Lipinski definition) is 1. The lowest BCUT2D eigenvalue weighted by atomic mass is 9.96. The van der Waals surface area contributed by atoms with Crippen LogP contribution in [-0.4, -0.2) is 32.6 Å². The van der Waals surface area contributed by atoms with Gasteiger partial charge in [0.05, 0.1) is 20.3 Å². The van der Waals surface area contributed by atoms with Gasteiger partial charge in [-0.1, -0.05) is 12.1 Å². The van der Waals surface area contributed by atoms with Crippen molar-refractivity contribution in [2.24, 2.45) is 4.99 Å². The number of nitrogens with zero attached hydrogens (tertiary/aromatic N) is 1. The van der Waals surface area contributed by atoms with E-state index in [0.717, 1.165) is 37.7 Å². The molecule has 90 valence electrons. The Morgan fingerprint density at radius 2 is 2.41 bits per heavy atom. The Balaban J connectivity index is 2.01. The van der Waals surface area contributed by atoms with Crippen LogP contribution in [0.2, 0.25) is 0 Å². The maximum absolute atomic E-state index is 5.84. The number of methoxy groups -OCH3 is 1. The largest absolute Gasteiger partial charge is 0.496 e. The molecule has 0 amide bonds. The summed E-state index contributed by atoms with van der Waals surface area (Å²) in [4.78, 5) is 4.45. The van der Waals surface area contributed by atoms with Gasteiger partial charge in [0.25, 0.3) is 0 Å². The van der Waals surface area contributed by atoms with Crippen molar-refractivity contribution in [3.63, 3.8) is 0 Å². The molecule has 0 saturated carbocycles. The zero-order chi connectivity index (χ0) is 11.7. The van der Waals surface area contributed by atoms with Gasteiger partial charge in [-0.3, -0.25) is 4.99 Å². The SMILES string of the molecule is COc1cccc2c1CCOC2C1=NCCN1. The lowest BCUT2D eigenvalue weighted by Gasteiger charge is -2.27. The van der Waals surface area contributed by atoms with Gasteiger partial charge in [0, 0.05) is 12.1 Å². The predicted octanol–water partition coefficient (Wildman–Crippen LogP) is 1.31. The summed E-state index contributed by atoms with van der Waals surface area (Å²) in [5, 5.41) is 3.29. The van der Waals surface area contributed by atoms with E-state index in [1.165, 1.54) is 11.1 Å². The lowest BCUT2D eigenvalue weighted by molar-refractivity contribution is 0.0851. The van der Waals surface area contributed by atoms with Crippen molar-refractivity contribution in [2.75, 3.05) is 26.8 Å². The predicted molar refractivity (Wildman–Crippen MR) is 65.7 cm³/mol. The molecular formula is C13H16N2O2. The number of rotatable bonds is 2. The molecule has 4 nitrogen and oxygen atoms in total. The van der Waals surface area contributed by atoms with Crippen molar-refractivity contribution in [1.82, 2.24) is 5.32 Å². The fourth-order valence-corrected chi connectivity index (χ4v) is 2.47. The van der Waals surface area contributed by atoms with Crippen LogP contribution in [0.25, 0.3) is 0 Å². The van der Waals surface area contributed by atoms with E-state index in [4.69, 9.17) is 9.47 Å². The van der Waals surface area contributed by atoms with Gasteiger partial charge in [-0.2, -0.15) is 0 Å². The Bertz CT molecular complexity index is 457. The molecule has 0 spiro atoms. The molecule has 1 aromatic carbocycles.